The van der Waals surface area contributed by atoms with Crippen molar-refractivity contribution in [1.82, 2.24) is 4.98 Å². The van der Waals surface area contributed by atoms with E-state index in [4.69, 9.17) is 5.73 Å². The minimum Gasteiger partial charge on any atom is -0.324 e. The van der Waals surface area contributed by atoms with Crippen LogP contribution in [0, 0.1) is 0 Å². The maximum Gasteiger partial charge on any atom is 0.187 e. The molecule has 2 N–H and O–H groups in total. The van der Waals surface area contributed by atoms with Gasteiger partial charge in [0.2, 0.25) is 0 Å². The zero-order valence-corrected chi connectivity index (χ0v) is 8.36. The number of hydrogen-bond acceptors (Lipinski definition) is 4. The van der Waals surface area contributed by atoms with Crippen molar-refractivity contribution in [3.63, 3.8) is 0 Å². The largest absolute Gasteiger partial charge is 0.324 e. The van der Waals surface area contributed by atoms with Crippen LogP contribution in [0.3, 0.4) is 0 Å². The number of nitrogens with two attached hydrogens (primary N) is 1. The first kappa shape index (κ1) is 10.0. The van der Waals surface area contributed by atoms with Gasteiger partial charge in [0, 0.05) is 10.7 Å². The van der Waals surface area contributed by atoms with Gasteiger partial charge in [-0.25, -0.2) is 9.98 Å². The Morgan fingerprint density at radius 2 is 2.46 bits per heavy atom. The number of aliphatic imine (C=N–C) groups is 1. The summed E-state index contributed by atoms with van der Waals surface area (Å²) in [6, 6.07) is 3.50. The number of carbonyl (C=O) groups excluding carboxylic acids is 1. The molecular weight excluding hydrogens is 234 g/mol. The molecule has 0 fully saturated rings. The van der Waals surface area contributed by atoms with Crippen molar-refractivity contribution in [1.29, 1.82) is 0 Å². The number of rotatable bonds is 3. The van der Waals surface area contributed by atoms with Crippen molar-refractivity contribution in [3.05, 3.63) is 22.8 Å². The smallest absolute Gasteiger partial charge is 0.187 e. The van der Waals surface area contributed by atoms with Gasteiger partial charge in [-0.15, -0.1) is 0 Å². The maximum absolute atomic E-state index is 10.7. The molecule has 0 radical (unpaired) electrons. The number of pyridine rings is 1. The standard InChI is InChI=1S/C8H8BrN3O/c9-6-1-2-8(11-4-6)12-5-7(13)3-10/h1-2,4-5H,3,10H2. The second-order valence-electron chi connectivity index (χ2n) is 2.26. The van der Waals surface area contributed by atoms with Crippen molar-refractivity contribution in [3.8, 4) is 0 Å². The second kappa shape index (κ2) is 4.84. The van der Waals surface area contributed by atoms with E-state index in [2.05, 4.69) is 25.9 Å². The van der Waals surface area contributed by atoms with Gasteiger partial charge in [0.05, 0.1) is 12.8 Å². The molecule has 0 aromatic carbocycles. The first-order valence-corrected chi connectivity index (χ1v) is 4.40. The highest BCUT2D eigenvalue weighted by molar-refractivity contribution is 9.10. The minimum absolute atomic E-state index is 0.0277. The topological polar surface area (TPSA) is 68.3 Å². The Balaban J connectivity index is 2.69. The first-order valence-electron chi connectivity index (χ1n) is 3.61. The summed E-state index contributed by atoms with van der Waals surface area (Å²) in [5, 5.41) is 0. The predicted molar refractivity (Wildman–Crippen MR) is 54.2 cm³/mol. The van der Waals surface area contributed by atoms with Crippen LogP contribution < -0.4 is 5.73 Å². The van der Waals surface area contributed by atoms with Crippen molar-refractivity contribution >= 4 is 33.7 Å². The van der Waals surface area contributed by atoms with Crippen LogP contribution in [0.4, 0.5) is 5.82 Å². The Kier molecular flexibility index (Phi) is 3.72. The number of halogens is 1. The third kappa shape index (κ3) is 3.43. The van der Waals surface area contributed by atoms with Gasteiger partial charge in [0.1, 0.15) is 0 Å². The van der Waals surface area contributed by atoms with Gasteiger partial charge in [0.25, 0.3) is 0 Å². The van der Waals surface area contributed by atoms with Gasteiger partial charge in [-0.2, -0.15) is 0 Å². The van der Waals surface area contributed by atoms with Crippen molar-refractivity contribution in [2.45, 2.75) is 0 Å². The normalized spacial score (nSPS) is 10.6. The van der Waals surface area contributed by atoms with Crippen molar-refractivity contribution in [2.24, 2.45) is 10.7 Å². The molecule has 0 aliphatic carbocycles. The molecule has 0 aliphatic rings. The van der Waals surface area contributed by atoms with Crippen LogP contribution in [-0.4, -0.2) is 23.5 Å². The van der Waals surface area contributed by atoms with Crippen LogP contribution in [0.25, 0.3) is 0 Å². The van der Waals surface area contributed by atoms with Gasteiger partial charge in [-0.1, -0.05) is 0 Å². The monoisotopic (exact) mass is 241 g/mol. The summed E-state index contributed by atoms with van der Waals surface area (Å²) in [7, 11) is 0. The van der Waals surface area contributed by atoms with Crippen LogP contribution in [0.15, 0.2) is 27.8 Å². The van der Waals surface area contributed by atoms with Gasteiger partial charge >= 0.3 is 0 Å². The molecule has 13 heavy (non-hydrogen) atoms. The highest BCUT2D eigenvalue weighted by Gasteiger charge is 1.93. The highest BCUT2D eigenvalue weighted by atomic mass is 79.9. The van der Waals surface area contributed by atoms with Crippen molar-refractivity contribution in [2.75, 3.05) is 6.54 Å². The summed E-state index contributed by atoms with van der Waals surface area (Å²) in [5.41, 5.74) is 5.09. The lowest BCUT2D eigenvalue weighted by atomic mass is 10.4. The molecule has 0 bridgehead atoms. The van der Waals surface area contributed by atoms with E-state index in [9.17, 15) is 4.79 Å². The lowest BCUT2D eigenvalue weighted by Gasteiger charge is -1.91. The van der Waals surface area contributed by atoms with Gasteiger partial charge < -0.3 is 5.73 Å². The summed E-state index contributed by atoms with van der Waals surface area (Å²) in [6.45, 7) is -0.0277. The van der Waals surface area contributed by atoms with E-state index in [1.807, 2.05) is 0 Å². The lowest BCUT2D eigenvalue weighted by Crippen LogP contribution is -2.13. The molecule has 0 saturated carbocycles. The van der Waals surface area contributed by atoms with E-state index < -0.39 is 0 Å². The Morgan fingerprint density at radius 1 is 1.69 bits per heavy atom. The molecule has 0 unspecified atom stereocenters. The average molecular weight is 242 g/mol. The van der Waals surface area contributed by atoms with Gasteiger partial charge in [0.15, 0.2) is 11.6 Å². The Morgan fingerprint density at radius 3 is 3.00 bits per heavy atom. The van der Waals surface area contributed by atoms with Crippen LogP contribution in [0.5, 0.6) is 0 Å². The fourth-order valence-corrected chi connectivity index (χ4v) is 0.870. The number of ketones is 1. The zero-order valence-electron chi connectivity index (χ0n) is 6.77. The molecule has 0 spiro atoms. The lowest BCUT2D eigenvalue weighted by molar-refractivity contribution is -0.111. The van der Waals surface area contributed by atoms with Crippen LogP contribution in [0.1, 0.15) is 0 Å². The molecule has 1 aromatic rings. The molecule has 0 atom stereocenters. The van der Waals surface area contributed by atoms with E-state index in [0.29, 0.717) is 5.82 Å². The first-order chi connectivity index (χ1) is 6.22. The highest BCUT2D eigenvalue weighted by Crippen LogP contribution is 2.11. The van der Waals surface area contributed by atoms with Gasteiger partial charge in [-0.3, -0.25) is 4.79 Å². The van der Waals surface area contributed by atoms with Crippen LogP contribution in [-0.2, 0) is 4.79 Å². The third-order valence-corrected chi connectivity index (χ3v) is 1.72. The number of carbonyl (C=O) groups is 1. The summed E-state index contributed by atoms with van der Waals surface area (Å²) in [5.74, 6) is 0.273. The van der Waals surface area contributed by atoms with Gasteiger partial charge in [-0.05, 0) is 28.1 Å². The molecular formula is C8H8BrN3O. The second-order valence-corrected chi connectivity index (χ2v) is 3.18. The Labute approximate surface area is 84.0 Å². The average Bonchev–Trinajstić information content (AvgIpc) is 2.16. The number of hydrogen-bond donors (Lipinski definition) is 1. The van der Waals surface area contributed by atoms with Crippen LogP contribution >= 0.6 is 15.9 Å². The molecule has 0 amide bonds. The molecule has 68 valence electrons. The van der Waals surface area contributed by atoms with E-state index in [1.54, 1.807) is 18.3 Å². The molecule has 1 heterocycles. The summed E-state index contributed by atoms with van der Waals surface area (Å²) in [6.07, 6.45) is 2.79. The molecule has 1 rings (SSSR count). The summed E-state index contributed by atoms with van der Waals surface area (Å²) >= 11 is 3.24. The fourth-order valence-electron chi connectivity index (χ4n) is 0.635. The Bertz CT molecular complexity index is 321. The number of nitrogens with zero attached hydrogens (tertiary/aromatic N) is 2. The predicted octanol–water partition coefficient (Wildman–Crippen LogP) is 1.07. The minimum atomic E-state index is -0.218. The van der Waals surface area contributed by atoms with E-state index in [0.717, 1.165) is 4.47 Å². The van der Waals surface area contributed by atoms with Crippen molar-refractivity contribution < 1.29 is 4.79 Å². The Hall–Kier alpha value is -1.07. The van der Waals surface area contributed by atoms with E-state index in [-0.39, 0.29) is 12.3 Å². The number of aromatic nitrogens is 1. The van der Waals surface area contributed by atoms with E-state index >= 15 is 0 Å². The fraction of sp³-hybridized carbons (Fsp3) is 0.125. The quantitative estimate of drug-likeness (QED) is 0.806. The van der Waals surface area contributed by atoms with E-state index in [1.165, 1.54) is 6.21 Å². The zero-order chi connectivity index (χ0) is 9.68. The molecule has 0 saturated heterocycles. The molecule has 0 aliphatic heterocycles. The third-order valence-electron chi connectivity index (χ3n) is 1.25. The maximum atomic E-state index is 10.7. The summed E-state index contributed by atoms with van der Waals surface area (Å²) in [4.78, 5) is 18.5. The molecule has 4 nitrogen and oxygen atoms in total. The summed E-state index contributed by atoms with van der Waals surface area (Å²) < 4.78 is 0.872. The SMILES string of the molecule is NCC(=O)C=Nc1ccc(Br)cn1. The molecule has 5 heteroatoms. The van der Waals surface area contributed by atoms with Crippen LogP contribution in [0.2, 0.25) is 0 Å². The molecule has 1 aromatic heterocycles. The number of Topliss-reactive ketones (excluding diaryl/α,β-unsaturated/α-hetero) is 1.